The molecular weight excluding hydrogens is 360 g/mol. The van der Waals surface area contributed by atoms with E-state index in [0.29, 0.717) is 22.4 Å². The Morgan fingerprint density at radius 2 is 1.83 bits per heavy atom. The third-order valence-corrected chi connectivity index (χ3v) is 4.74. The van der Waals surface area contributed by atoms with Crippen LogP contribution >= 0.6 is 0 Å². The largest absolute Gasteiger partial charge is 0.268 e. The number of nitriles is 1. The summed E-state index contributed by atoms with van der Waals surface area (Å²) in [6, 6.07) is 18.8. The number of hydrogen-bond acceptors (Lipinski definition) is 4. The van der Waals surface area contributed by atoms with Gasteiger partial charge in [-0.25, -0.2) is 9.97 Å². The van der Waals surface area contributed by atoms with Crippen LogP contribution in [0.25, 0.3) is 28.9 Å². The molecule has 140 valence electrons. The van der Waals surface area contributed by atoms with Gasteiger partial charge in [-0.15, -0.1) is 0 Å². The van der Waals surface area contributed by atoms with Crippen LogP contribution in [0.4, 0.5) is 0 Å². The quantitative estimate of drug-likeness (QED) is 0.528. The van der Waals surface area contributed by atoms with Crippen LogP contribution < -0.4 is 5.56 Å². The zero-order chi connectivity index (χ0) is 20.4. The van der Waals surface area contributed by atoms with E-state index in [1.807, 2.05) is 50.3 Å². The Morgan fingerprint density at radius 3 is 2.59 bits per heavy atom. The van der Waals surface area contributed by atoms with Gasteiger partial charge in [0.25, 0.3) is 5.56 Å². The zero-order valence-electron chi connectivity index (χ0n) is 16.1. The monoisotopic (exact) mass is 378 g/mol. The third kappa shape index (κ3) is 3.56. The Kier molecular flexibility index (Phi) is 4.76. The molecular formula is C24H18N4O. The van der Waals surface area contributed by atoms with Crippen LogP contribution in [-0.2, 0) is 0 Å². The van der Waals surface area contributed by atoms with E-state index >= 15 is 0 Å². The number of hydrogen-bond donors (Lipinski definition) is 0. The molecule has 0 unspecified atom stereocenters. The summed E-state index contributed by atoms with van der Waals surface area (Å²) in [6.07, 6.45) is 5.31. The average Bonchev–Trinajstić information content (AvgIpc) is 2.75. The summed E-state index contributed by atoms with van der Waals surface area (Å²) < 4.78 is 1.63. The number of fused-ring (bicyclic) bond motifs is 1. The summed E-state index contributed by atoms with van der Waals surface area (Å²) >= 11 is 0. The van der Waals surface area contributed by atoms with E-state index in [9.17, 15) is 4.79 Å². The van der Waals surface area contributed by atoms with Gasteiger partial charge < -0.3 is 0 Å². The first-order valence-electron chi connectivity index (χ1n) is 9.20. The minimum atomic E-state index is -0.156. The maximum atomic E-state index is 13.3. The van der Waals surface area contributed by atoms with Crippen LogP contribution in [0.3, 0.4) is 0 Å². The highest BCUT2D eigenvalue weighted by Gasteiger charge is 2.13. The number of nitrogens with zero attached hydrogens (tertiary/aromatic N) is 4. The van der Waals surface area contributed by atoms with Crippen molar-refractivity contribution in [2.45, 2.75) is 13.8 Å². The molecule has 2 aromatic carbocycles. The van der Waals surface area contributed by atoms with Crippen molar-refractivity contribution in [3.05, 3.63) is 99.2 Å². The van der Waals surface area contributed by atoms with E-state index in [0.717, 1.165) is 22.4 Å². The van der Waals surface area contributed by atoms with Gasteiger partial charge in [0.2, 0.25) is 0 Å². The first-order valence-corrected chi connectivity index (χ1v) is 9.20. The van der Waals surface area contributed by atoms with Gasteiger partial charge in [0.1, 0.15) is 5.82 Å². The van der Waals surface area contributed by atoms with Crippen molar-refractivity contribution in [2.24, 2.45) is 0 Å². The minimum Gasteiger partial charge on any atom is -0.268 e. The van der Waals surface area contributed by atoms with Gasteiger partial charge in [-0.2, -0.15) is 5.26 Å². The standard InChI is InChI=1S/C24H18N4O/c1-16-5-6-17(2)21(14-16)28-22(12-11-18-7-9-19(15-25)10-8-18)27-23-20(24(28)29)4-3-13-26-23/h3-14H,1-2H3/b12-11+. The highest BCUT2D eigenvalue weighted by atomic mass is 16.1. The van der Waals surface area contributed by atoms with Gasteiger partial charge >= 0.3 is 0 Å². The molecule has 29 heavy (non-hydrogen) atoms. The second-order valence-corrected chi connectivity index (χ2v) is 6.84. The van der Waals surface area contributed by atoms with Crippen LogP contribution in [0.1, 0.15) is 28.1 Å². The Labute approximate surface area is 168 Å². The maximum absolute atomic E-state index is 13.3. The second kappa shape index (κ2) is 7.53. The van der Waals surface area contributed by atoms with Gasteiger partial charge in [-0.05, 0) is 66.9 Å². The lowest BCUT2D eigenvalue weighted by Crippen LogP contribution is -2.23. The maximum Gasteiger partial charge on any atom is 0.267 e. The van der Waals surface area contributed by atoms with Crippen molar-refractivity contribution in [2.75, 3.05) is 0 Å². The molecule has 0 saturated carbocycles. The fraction of sp³-hybridized carbons (Fsp3) is 0.0833. The number of benzene rings is 2. The average molecular weight is 378 g/mol. The van der Waals surface area contributed by atoms with Crippen LogP contribution in [0.5, 0.6) is 0 Å². The fourth-order valence-electron chi connectivity index (χ4n) is 3.18. The van der Waals surface area contributed by atoms with Gasteiger partial charge in [0.15, 0.2) is 5.65 Å². The molecule has 4 aromatic rings. The molecule has 2 heterocycles. The van der Waals surface area contributed by atoms with E-state index in [-0.39, 0.29) is 5.56 Å². The summed E-state index contributed by atoms with van der Waals surface area (Å²) in [5, 5.41) is 9.43. The van der Waals surface area contributed by atoms with Gasteiger partial charge in [-0.1, -0.05) is 30.3 Å². The topological polar surface area (TPSA) is 71.6 Å². The van der Waals surface area contributed by atoms with Crippen LogP contribution in [0.2, 0.25) is 0 Å². The summed E-state index contributed by atoms with van der Waals surface area (Å²) in [5.74, 6) is 0.499. The van der Waals surface area contributed by atoms with E-state index in [1.165, 1.54) is 0 Å². The van der Waals surface area contributed by atoms with Crippen molar-refractivity contribution in [1.82, 2.24) is 14.5 Å². The Balaban J connectivity index is 1.94. The highest BCUT2D eigenvalue weighted by molar-refractivity contribution is 5.77. The number of aromatic nitrogens is 3. The Hall–Kier alpha value is -4.04. The van der Waals surface area contributed by atoms with Crippen LogP contribution in [-0.4, -0.2) is 14.5 Å². The molecule has 5 nitrogen and oxygen atoms in total. The second-order valence-electron chi connectivity index (χ2n) is 6.84. The fourth-order valence-corrected chi connectivity index (χ4v) is 3.18. The smallest absolute Gasteiger partial charge is 0.267 e. The molecule has 0 fully saturated rings. The predicted octanol–water partition coefficient (Wildman–Crippen LogP) is 4.44. The Bertz CT molecular complexity index is 1340. The lowest BCUT2D eigenvalue weighted by Gasteiger charge is -2.14. The first kappa shape index (κ1) is 18.3. The summed E-state index contributed by atoms with van der Waals surface area (Å²) in [5.41, 5.74) is 4.61. The van der Waals surface area contributed by atoms with Crippen LogP contribution in [0.15, 0.2) is 65.6 Å². The molecule has 0 saturated heterocycles. The zero-order valence-corrected chi connectivity index (χ0v) is 16.1. The van der Waals surface area contributed by atoms with Crippen molar-refractivity contribution in [3.63, 3.8) is 0 Å². The van der Waals surface area contributed by atoms with E-state index in [1.54, 1.807) is 41.1 Å². The van der Waals surface area contributed by atoms with E-state index in [4.69, 9.17) is 5.26 Å². The SMILES string of the molecule is Cc1ccc(C)c(-n2c(/C=C/c3ccc(C#N)cc3)nc3ncccc3c2=O)c1. The van der Waals surface area contributed by atoms with Gasteiger partial charge in [-0.3, -0.25) is 9.36 Å². The molecule has 5 heteroatoms. The molecule has 0 aliphatic heterocycles. The molecule has 0 radical (unpaired) electrons. The van der Waals surface area contributed by atoms with Crippen molar-refractivity contribution in [3.8, 4) is 11.8 Å². The van der Waals surface area contributed by atoms with Crippen LogP contribution in [0, 0.1) is 25.2 Å². The third-order valence-electron chi connectivity index (χ3n) is 4.74. The molecule has 4 rings (SSSR count). The molecule has 0 aliphatic rings. The Morgan fingerprint density at radius 1 is 1.03 bits per heavy atom. The normalized spacial score (nSPS) is 11.1. The first-order chi connectivity index (χ1) is 14.1. The van der Waals surface area contributed by atoms with Gasteiger partial charge in [0, 0.05) is 6.20 Å². The molecule has 0 bridgehead atoms. The number of rotatable bonds is 3. The number of pyridine rings is 1. The van der Waals surface area contributed by atoms with Gasteiger partial charge in [0.05, 0.1) is 22.7 Å². The molecule has 2 aromatic heterocycles. The molecule has 0 spiro atoms. The van der Waals surface area contributed by atoms with E-state index < -0.39 is 0 Å². The summed E-state index contributed by atoms with van der Waals surface area (Å²) in [7, 11) is 0. The lowest BCUT2D eigenvalue weighted by atomic mass is 10.1. The molecule has 0 atom stereocenters. The van der Waals surface area contributed by atoms with Crippen molar-refractivity contribution in [1.29, 1.82) is 5.26 Å². The summed E-state index contributed by atoms with van der Waals surface area (Å²) in [6.45, 7) is 3.97. The predicted molar refractivity (Wildman–Crippen MR) is 115 cm³/mol. The molecule has 0 amide bonds. The van der Waals surface area contributed by atoms with E-state index in [2.05, 4.69) is 16.0 Å². The lowest BCUT2D eigenvalue weighted by molar-refractivity contribution is 0.926. The van der Waals surface area contributed by atoms with Crippen molar-refractivity contribution < 1.29 is 0 Å². The highest BCUT2D eigenvalue weighted by Crippen LogP contribution is 2.19. The number of aryl methyl sites for hydroxylation is 2. The molecule has 0 N–H and O–H groups in total. The van der Waals surface area contributed by atoms with Crippen molar-refractivity contribution >= 4 is 23.2 Å². The summed E-state index contributed by atoms with van der Waals surface area (Å²) in [4.78, 5) is 22.2. The molecule has 0 aliphatic carbocycles. The minimum absolute atomic E-state index is 0.156.